The van der Waals surface area contributed by atoms with Crippen molar-refractivity contribution >= 4 is 40.3 Å². The van der Waals surface area contributed by atoms with Crippen molar-refractivity contribution in [2.75, 3.05) is 42.7 Å². The Morgan fingerprint density at radius 3 is 2.62 bits per heavy atom. The molecule has 1 saturated heterocycles. The van der Waals surface area contributed by atoms with Crippen molar-refractivity contribution in [3.8, 4) is 11.3 Å². The van der Waals surface area contributed by atoms with E-state index in [1.165, 1.54) is 5.56 Å². The number of rotatable bonds is 4. The molecule has 1 fully saturated rings. The molecule has 0 unspecified atom stereocenters. The topological polar surface area (TPSA) is 69.2 Å². The number of benzene rings is 1. The lowest BCUT2D eigenvalue weighted by Gasteiger charge is -2.36. The van der Waals surface area contributed by atoms with Crippen molar-refractivity contribution in [3.05, 3.63) is 53.3 Å². The molecule has 0 bridgehead atoms. The van der Waals surface area contributed by atoms with Crippen LogP contribution in [-0.2, 0) is 6.42 Å². The van der Waals surface area contributed by atoms with Gasteiger partial charge in [-0.05, 0) is 64.5 Å². The second kappa shape index (κ2) is 9.27. The van der Waals surface area contributed by atoms with Crippen LogP contribution in [0.1, 0.15) is 29.7 Å². The second-order valence-corrected chi connectivity index (χ2v) is 9.94. The number of nitrogens with one attached hydrogen (secondary N) is 2. The third-order valence-corrected chi connectivity index (χ3v) is 7.00. The van der Waals surface area contributed by atoms with Gasteiger partial charge in [-0.1, -0.05) is 24.4 Å². The molecule has 0 saturated carbocycles. The van der Waals surface area contributed by atoms with Crippen LogP contribution < -0.4 is 15.5 Å². The Bertz CT molecular complexity index is 1230. The minimum atomic E-state index is 0.558. The maximum Gasteiger partial charge on any atom is 0.227 e. The molecule has 0 radical (unpaired) electrons. The average Bonchev–Trinajstić information content (AvgIpc) is 2.95. The Hall–Kier alpha value is -3.10. The Morgan fingerprint density at radius 2 is 1.88 bits per heavy atom. The van der Waals surface area contributed by atoms with Crippen LogP contribution in [0.5, 0.6) is 0 Å². The van der Waals surface area contributed by atoms with Crippen LogP contribution >= 0.6 is 12.2 Å². The fourth-order valence-corrected chi connectivity index (χ4v) is 5.02. The van der Waals surface area contributed by atoms with Crippen molar-refractivity contribution in [2.45, 2.75) is 39.2 Å². The van der Waals surface area contributed by atoms with Crippen LogP contribution in [0.15, 0.2) is 36.5 Å². The van der Waals surface area contributed by atoms with Crippen molar-refractivity contribution in [1.29, 1.82) is 0 Å². The van der Waals surface area contributed by atoms with E-state index in [0.717, 1.165) is 70.6 Å². The molecular weight excluding hydrogens is 442 g/mol. The van der Waals surface area contributed by atoms with E-state index >= 15 is 0 Å². The van der Waals surface area contributed by atoms with Gasteiger partial charge in [0.15, 0.2) is 0 Å². The summed E-state index contributed by atoms with van der Waals surface area (Å²) < 4.78 is 0. The Morgan fingerprint density at radius 1 is 1.09 bits per heavy atom. The van der Waals surface area contributed by atoms with Crippen molar-refractivity contribution < 1.29 is 0 Å². The molecule has 1 aromatic carbocycles. The summed E-state index contributed by atoms with van der Waals surface area (Å²) in [6.45, 7) is 6.17. The first kappa shape index (κ1) is 22.7. The first-order chi connectivity index (χ1) is 16.4. The zero-order valence-electron chi connectivity index (χ0n) is 20.2. The van der Waals surface area contributed by atoms with Gasteiger partial charge in [-0.25, -0.2) is 15.0 Å². The maximum absolute atomic E-state index is 5.53. The van der Waals surface area contributed by atoms with E-state index in [4.69, 9.17) is 22.2 Å². The molecule has 5 rings (SSSR count). The minimum absolute atomic E-state index is 0.558. The van der Waals surface area contributed by atoms with E-state index in [0.29, 0.717) is 18.4 Å². The maximum atomic E-state index is 5.53. The lowest BCUT2D eigenvalue weighted by atomic mass is 10.0. The van der Waals surface area contributed by atoms with Crippen LogP contribution in [0.4, 0.5) is 23.1 Å². The van der Waals surface area contributed by atoms with Gasteiger partial charge in [0.2, 0.25) is 5.95 Å². The number of aromatic nitrogens is 3. The third-order valence-electron chi connectivity index (χ3n) is 6.76. The Kier molecular flexibility index (Phi) is 6.18. The summed E-state index contributed by atoms with van der Waals surface area (Å²) in [5.41, 5.74) is 6.99. The minimum Gasteiger partial charge on any atom is -0.356 e. The second-order valence-electron chi connectivity index (χ2n) is 9.45. The molecule has 34 heavy (non-hydrogen) atoms. The van der Waals surface area contributed by atoms with Gasteiger partial charge in [0.05, 0.1) is 22.1 Å². The molecule has 2 aliphatic heterocycles. The summed E-state index contributed by atoms with van der Waals surface area (Å²) in [6, 6.07) is 11.1. The normalized spacial score (nSPS) is 16.0. The van der Waals surface area contributed by atoms with E-state index in [9.17, 15) is 0 Å². The van der Waals surface area contributed by atoms with Gasteiger partial charge in [0.25, 0.3) is 0 Å². The standard InChI is InChI=1S/C26H31N7S/c1-16-5-6-20-22(13-16)29-24(34)14-18-15-27-26(31-25(18)20)30-21-7-8-23(28-17(21)2)33-11-9-19(10-12-33)32(3)4/h5-8,13,15,19H,9-12,14H2,1-4H3,(H,29,34)(H,27,30,31). The van der Waals surface area contributed by atoms with Crippen LogP contribution in [-0.4, -0.2) is 58.1 Å². The number of anilines is 4. The monoisotopic (exact) mass is 473 g/mol. The molecule has 2 N–H and O–H groups in total. The fraction of sp³-hybridized carbons (Fsp3) is 0.385. The largest absolute Gasteiger partial charge is 0.356 e. The number of fused-ring (bicyclic) bond motifs is 3. The predicted molar refractivity (Wildman–Crippen MR) is 143 cm³/mol. The molecule has 176 valence electrons. The van der Waals surface area contributed by atoms with E-state index in [1.807, 2.05) is 13.1 Å². The van der Waals surface area contributed by atoms with Crippen molar-refractivity contribution in [1.82, 2.24) is 19.9 Å². The van der Waals surface area contributed by atoms with Gasteiger partial charge in [0, 0.05) is 48.6 Å². The van der Waals surface area contributed by atoms with Gasteiger partial charge >= 0.3 is 0 Å². The molecule has 0 amide bonds. The summed E-state index contributed by atoms with van der Waals surface area (Å²) in [6.07, 6.45) is 4.82. The van der Waals surface area contributed by atoms with Crippen LogP contribution in [0.25, 0.3) is 11.3 Å². The SMILES string of the molecule is Cc1ccc2c(c1)NC(=S)Cc1cnc(Nc3ccc(N4CCC(N(C)C)CC4)nc3C)nc1-2. The van der Waals surface area contributed by atoms with Crippen LogP contribution in [0.2, 0.25) is 0 Å². The summed E-state index contributed by atoms with van der Waals surface area (Å²) in [4.78, 5) is 19.8. The number of thiocarbonyl (C=S) groups is 1. The van der Waals surface area contributed by atoms with Crippen LogP contribution in [0.3, 0.4) is 0 Å². The van der Waals surface area contributed by atoms with Gasteiger partial charge in [0.1, 0.15) is 5.82 Å². The first-order valence-electron chi connectivity index (χ1n) is 11.8. The zero-order valence-corrected chi connectivity index (χ0v) is 21.0. The Balaban J connectivity index is 1.38. The summed E-state index contributed by atoms with van der Waals surface area (Å²) in [5, 5.41) is 6.75. The summed E-state index contributed by atoms with van der Waals surface area (Å²) in [7, 11) is 4.33. The van der Waals surface area contributed by atoms with Gasteiger partial charge < -0.3 is 20.4 Å². The quantitative estimate of drug-likeness (QED) is 0.528. The van der Waals surface area contributed by atoms with E-state index in [2.05, 4.69) is 76.8 Å². The molecule has 0 atom stereocenters. The summed E-state index contributed by atoms with van der Waals surface area (Å²) >= 11 is 5.53. The van der Waals surface area contributed by atoms with Gasteiger partial charge in [-0.2, -0.15) is 0 Å². The number of nitrogens with zero attached hydrogens (tertiary/aromatic N) is 5. The van der Waals surface area contributed by atoms with Crippen molar-refractivity contribution in [2.24, 2.45) is 0 Å². The highest BCUT2D eigenvalue weighted by atomic mass is 32.1. The molecule has 2 aliphatic rings. The molecule has 8 heteroatoms. The molecule has 2 aromatic heterocycles. The van der Waals surface area contributed by atoms with Crippen molar-refractivity contribution in [3.63, 3.8) is 0 Å². The number of aryl methyl sites for hydroxylation is 2. The predicted octanol–water partition coefficient (Wildman–Crippen LogP) is 4.72. The number of hydrogen-bond donors (Lipinski definition) is 2. The highest BCUT2D eigenvalue weighted by Gasteiger charge is 2.22. The molecule has 0 aliphatic carbocycles. The molecule has 3 aromatic rings. The smallest absolute Gasteiger partial charge is 0.227 e. The van der Waals surface area contributed by atoms with E-state index < -0.39 is 0 Å². The summed E-state index contributed by atoms with van der Waals surface area (Å²) in [5.74, 6) is 1.59. The first-order valence-corrected chi connectivity index (χ1v) is 12.2. The number of hydrogen-bond acceptors (Lipinski definition) is 7. The zero-order chi connectivity index (χ0) is 23.8. The lowest BCUT2D eigenvalue weighted by Crippen LogP contribution is -2.42. The molecular formula is C26H31N7S. The molecule has 7 nitrogen and oxygen atoms in total. The number of piperidine rings is 1. The highest BCUT2D eigenvalue weighted by molar-refractivity contribution is 7.80. The van der Waals surface area contributed by atoms with Gasteiger partial charge in [-0.3, -0.25) is 0 Å². The van der Waals surface area contributed by atoms with Crippen LogP contribution in [0, 0.1) is 13.8 Å². The lowest BCUT2D eigenvalue weighted by molar-refractivity contribution is 0.249. The van der Waals surface area contributed by atoms with Gasteiger partial charge in [-0.15, -0.1) is 0 Å². The average molecular weight is 474 g/mol. The molecule has 0 spiro atoms. The van der Waals surface area contributed by atoms with E-state index in [1.54, 1.807) is 0 Å². The number of pyridine rings is 1. The third kappa shape index (κ3) is 4.60. The molecule has 4 heterocycles. The highest BCUT2D eigenvalue weighted by Crippen LogP contribution is 2.34. The fourth-order valence-electron chi connectivity index (χ4n) is 4.75. The van der Waals surface area contributed by atoms with E-state index in [-0.39, 0.29) is 0 Å². The Labute approximate surface area is 206 Å².